The molecule has 94 valence electrons. The van der Waals surface area contributed by atoms with Gasteiger partial charge in [0.25, 0.3) is 0 Å². The Bertz CT molecular complexity index is 717. The fourth-order valence-corrected chi connectivity index (χ4v) is 2.34. The molecule has 2 aromatic heterocycles. The summed E-state index contributed by atoms with van der Waals surface area (Å²) in [5, 5.41) is 2.25. The van der Waals surface area contributed by atoms with Crippen molar-refractivity contribution in [3.8, 4) is 0 Å². The standard InChI is InChI=1S/C16H15N3/c1-11-6-8-18-10-14(11)15(17)16-13-5-3-2-4-12(13)7-9-19-16/h2-10,15H,17H2,1H3. The van der Waals surface area contributed by atoms with E-state index in [1.807, 2.05) is 43.6 Å². The molecular formula is C16H15N3. The van der Waals surface area contributed by atoms with Gasteiger partial charge in [-0.05, 0) is 35.6 Å². The van der Waals surface area contributed by atoms with Crippen molar-refractivity contribution in [1.29, 1.82) is 0 Å². The summed E-state index contributed by atoms with van der Waals surface area (Å²) in [6.45, 7) is 2.04. The maximum Gasteiger partial charge on any atom is 0.0750 e. The third kappa shape index (κ3) is 2.09. The van der Waals surface area contributed by atoms with Gasteiger partial charge in [-0.25, -0.2) is 0 Å². The lowest BCUT2D eigenvalue weighted by atomic mass is 9.98. The van der Waals surface area contributed by atoms with Crippen LogP contribution in [0.4, 0.5) is 0 Å². The first-order valence-corrected chi connectivity index (χ1v) is 6.27. The van der Waals surface area contributed by atoms with Crippen LogP contribution in [0.5, 0.6) is 0 Å². The highest BCUT2D eigenvalue weighted by Gasteiger charge is 2.15. The van der Waals surface area contributed by atoms with Crippen LogP contribution in [-0.4, -0.2) is 9.97 Å². The van der Waals surface area contributed by atoms with Crippen molar-refractivity contribution >= 4 is 10.8 Å². The molecule has 0 saturated heterocycles. The zero-order valence-corrected chi connectivity index (χ0v) is 10.7. The normalized spacial score (nSPS) is 12.5. The van der Waals surface area contributed by atoms with Crippen LogP contribution in [0.2, 0.25) is 0 Å². The van der Waals surface area contributed by atoms with Gasteiger partial charge in [0.2, 0.25) is 0 Å². The molecule has 0 fully saturated rings. The Labute approximate surface area is 112 Å². The average Bonchev–Trinajstić information content (AvgIpc) is 2.46. The smallest absolute Gasteiger partial charge is 0.0750 e. The Balaban J connectivity index is 2.17. The molecule has 1 aromatic carbocycles. The molecule has 3 rings (SSSR count). The molecule has 0 amide bonds. The summed E-state index contributed by atoms with van der Waals surface area (Å²) in [7, 11) is 0. The molecule has 2 N–H and O–H groups in total. The van der Waals surface area contributed by atoms with E-state index in [9.17, 15) is 0 Å². The molecule has 0 bridgehead atoms. The predicted molar refractivity (Wildman–Crippen MR) is 76.7 cm³/mol. The number of benzene rings is 1. The number of hydrogen-bond donors (Lipinski definition) is 1. The molecule has 1 unspecified atom stereocenters. The van der Waals surface area contributed by atoms with E-state index in [1.165, 1.54) is 0 Å². The molecule has 0 aliphatic heterocycles. The minimum atomic E-state index is -0.250. The number of pyridine rings is 2. The monoisotopic (exact) mass is 249 g/mol. The quantitative estimate of drug-likeness (QED) is 0.759. The summed E-state index contributed by atoms with van der Waals surface area (Å²) >= 11 is 0. The van der Waals surface area contributed by atoms with Crippen LogP contribution < -0.4 is 5.73 Å². The summed E-state index contributed by atoms with van der Waals surface area (Å²) in [6, 6.07) is 11.9. The van der Waals surface area contributed by atoms with Crippen LogP contribution in [0.25, 0.3) is 10.8 Å². The summed E-state index contributed by atoms with van der Waals surface area (Å²) in [5.41, 5.74) is 9.43. The van der Waals surface area contributed by atoms with Crippen LogP contribution >= 0.6 is 0 Å². The first-order chi connectivity index (χ1) is 9.27. The van der Waals surface area contributed by atoms with Crippen molar-refractivity contribution in [2.45, 2.75) is 13.0 Å². The van der Waals surface area contributed by atoms with E-state index in [-0.39, 0.29) is 6.04 Å². The number of nitrogens with two attached hydrogens (primary N) is 1. The Kier molecular flexibility index (Phi) is 2.97. The zero-order valence-electron chi connectivity index (χ0n) is 10.7. The van der Waals surface area contributed by atoms with Gasteiger partial charge in [0.1, 0.15) is 0 Å². The zero-order chi connectivity index (χ0) is 13.2. The maximum atomic E-state index is 6.38. The summed E-state index contributed by atoms with van der Waals surface area (Å²) in [5.74, 6) is 0. The molecule has 0 saturated carbocycles. The fraction of sp³-hybridized carbons (Fsp3) is 0.125. The van der Waals surface area contributed by atoms with Crippen LogP contribution in [0.3, 0.4) is 0 Å². The lowest BCUT2D eigenvalue weighted by molar-refractivity contribution is 0.825. The molecule has 0 radical (unpaired) electrons. The second kappa shape index (κ2) is 4.78. The lowest BCUT2D eigenvalue weighted by Gasteiger charge is -2.15. The minimum absolute atomic E-state index is 0.250. The van der Waals surface area contributed by atoms with E-state index in [1.54, 1.807) is 6.20 Å². The topological polar surface area (TPSA) is 51.8 Å². The predicted octanol–water partition coefficient (Wildman–Crippen LogP) is 2.99. The average molecular weight is 249 g/mol. The lowest BCUT2D eigenvalue weighted by Crippen LogP contribution is -2.15. The molecule has 0 spiro atoms. The first-order valence-electron chi connectivity index (χ1n) is 6.27. The summed E-state index contributed by atoms with van der Waals surface area (Å²) < 4.78 is 0. The number of nitrogens with zero attached hydrogens (tertiary/aromatic N) is 2. The molecule has 19 heavy (non-hydrogen) atoms. The number of hydrogen-bond acceptors (Lipinski definition) is 3. The SMILES string of the molecule is Cc1ccncc1C(N)c1nccc2ccccc12. The van der Waals surface area contributed by atoms with Crippen LogP contribution in [-0.2, 0) is 0 Å². The Hall–Kier alpha value is -2.26. The highest BCUT2D eigenvalue weighted by atomic mass is 14.8. The maximum absolute atomic E-state index is 6.38. The molecule has 0 aliphatic carbocycles. The van der Waals surface area contributed by atoms with Gasteiger partial charge in [-0.15, -0.1) is 0 Å². The van der Waals surface area contributed by atoms with Gasteiger partial charge in [0, 0.05) is 24.0 Å². The van der Waals surface area contributed by atoms with Crippen LogP contribution in [0, 0.1) is 6.92 Å². The van der Waals surface area contributed by atoms with Crippen LogP contribution in [0.15, 0.2) is 55.0 Å². The second-order valence-electron chi connectivity index (χ2n) is 4.63. The van der Waals surface area contributed by atoms with E-state index in [0.29, 0.717) is 0 Å². The molecule has 3 aromatic rings. The van der Waals surface area contributed by atoms with Gasteiger partial charge < -0.3 is 5.73 Å². The van der Waals surface area contributed by atoms with Crippen LogP contribution in [0.1, 0.15) is 22.9 Å². The van der Waals surface area contributed by atoms with Crippen molar-refractivity contribution in [3.05, 3.63) is 71.8 Å². The van der Waals surface area contributed by atoms with Gasteiger partial charge in [-0.1, -0.05) is 24.3 Å². The van der Waals surface area contributed by atoms with Crippen molar-refractivity contribution < 1.29 is 0 Å². The summed E-state index contributed by atoms with van der Waals surface area (Å²) in [6.07, 6.45) is 5.41. The number of aryl methyl sites for hydroxylation is 1. The van der Waals surface area contributed by atoms with Crippen molar-refractivity contribution in [3.63, 3.8) is 0 Å². The Morgan fingerprint density at radius 1 is 1.05 bits per heavy atom. The van der Waals surface area contributed by atoms with Gasteiger partial charge in [-0.2, -0.15) is 0 Å². The highest BCUT2D eigenvalue weighted by molar-refractivity contribution is 5.85. The van der Waals surface area contributed by atoms with E-state index in [4.69, 9.17) is 5.73 Å². The second-order valence-corrected chi connectivity index (χ2v) is 4.63. The van der Waals surface area contributed by atoms with E-state index in [0.717, 1.165) is 27.6 Å². The molecule has 3 heteroatoms. The molecule has 0 aliphatic rings. The van der Waals surface area contributed by atoms with E-state index >= 15 is 0 Å². The third-order valence-corrected chi connectivity index (χ3v) is 3.41. The van der Waals surface area contributed by atoms with Gasteiger partial charge in [0.05, 0.1) is 11.7 Å². The Morgan fingerprint density at radius 3 is 2.74 bits per heavy atom. The Morgan fingerprint density at radius 2 is 1.89 bits per heavy atom. The van der Waals surface area contributed by atoms with E-state index < -0.39 is 0 Å². The minimum Gasteiger partial charge on any atom is -0.319 e. The molecular weight excluding hydrogens is 234 g/mol. The number of aromatic nitrogens is 2. The third-order valence-electron chi connectivity index (χ3n) is 3.41. The number of rotatable bonds is 2. The summed E-state index contributed by atoms with van der Waals surface area (Å²) in [4.78, 5) is 8.64. The largest absolute Gasteiger partial charge is 0.319 e. The van der Waals surface area contributed by atoms with E-state index in [2.05, 4.69) is 22.1 Å². The number of fused-ring (bicyclic) bond motifs is 1. The first kappa shape index (κ1) is 11.8. The van der Waals surface area contributed by atoms with Crippen molar-refractivity contribution in [2.75, 3.05) is 0 Å². The molecule has 1 atom stereocenters. The van der Waals surface area contributed by atoms with Crippen molar-refractivity contribution in [2.24, 2.45) is 5.73 Å². The van der Waals surface area contributed by atoms with Gasteiger partial charge in [-0.3, -0.25) is 9.97 Å². The van der Waals surface area contributed by atoms with Crippen molar-refractivity contribution in [1.82, 2.24) is 9.97 Å². The highest BCUT2D eigenvalue weighted by Crippen LogP contribution is 2.26. The molecule has 2 heterocycles. The van der Waals surface area contributed by atoms with Gasteiger partial charge >= 0.3 is 0 Å². The van der Waals surface area contributed by atoms with Gasteiger partial charge in [0.15, 0.2) is 0 Å². The fourth-order valence-electron chi connectivity index (χ4n) is 2.34. The molecule has 3 nitrogen and oxygen atoms in total.